The third-order valence-electron chi connectivity index (χ3n) is 6.30. The van der Waals surface area contributed by atoms with Crippen LogP contribution >= 0.6 is 0 Å². The molecule has 1 aromatic carbocycles. The number of rotatable bonds is 8. The van der Waals surface area contributed by atoms with Gasteiger partial charge in [0.1, 0.15) is 0 Å². The summed E-state index contributed by atoms with van der Waals surface area (Å²) < 4.78 is 28.3. The molecule has 8 heteroatoms. The summed E-state index contributed by atoms with van der Waals surface area (Å²) in [5, 5.41) is 9.65. The quantitative estimate of drug-likeness (QED) is 0.631. The van der Waals surface area contributed by atoms with E-state index in [-0.39, 0.29) is 29.4 Å². The van der Waals surface area contributed by atoms with Gasteiger partial charge in [-0.15, -0.1) is 0 Å². The van der Waals surface area contributed by atoms with Crippen LogP contribution in [-0.2, 0) is 10.0 Å². The van der Waals surface area contributed by atoms with Gasteiger partial charge in [-0.1, -0.05) is 12.1 Å². The average Bonchev–Trinajstić information content (AvgIpc) is 3.60. The maximum absolute atomic E-state index is 13.4. The first-order valence-corrected chi connectivity index (χ1v) is 12.2. The number of nitrogens with zero attached hydrogens (tertiary/aromatic N) is 3. The summed E-state index contributed by atoms with van der Waals surface area (Å²) >= 11 is 0. The van der Waals surface area contributed by atoms with Gasteiger partial charge >= 0.3 is 0 Å². The van der Waals surface area contributed by atoms with Crippen molar-refractivity contribution in [3.05, 3.63) is 59.9 Å². The summed E-state index contributed by atoms with van der Waals surface area (Å²) in [6.07, 6.45) is 6.36. The second-order valence-electron chi connectivity index (χ2n) is 8.42. The minimum Gasteiger partial charge on any atom is -0.396 e. The molecule has 1 aromatic heterocycles. The Hall–Kier alpha value is -2.13. The molecule has 2 atom stereocenters. The van der Waals surface area contributed by atoms with E-state index in [0.717, 1.165) is 0 Å². The largest absolute Gasteiger partial charge is 0.396 e. The van der Waals surface area contributed by atoms with Crippen LogP contribution < -0.4 is 0 Å². The Balaban J connectivity index is 1.57. The molecule has 31 heavy (non-hydrogen) atoms. The highest BCUT2D eigenvalue weighted by Crippen LogP contribution is 2.45. The van der Waals surface area contributed by atoms with Crippen LogP contribution in [0.4, 0.5) is 0 Å². The summed E-state index contributed by atoms with van der Waals surface area (Å²) in [6.45, 7) is 2.97. The molecule has 1 saturated heterocycles. The highest BCUT2D eigenvalue weighted by molar-refractivity contribution is 7.89. The van der Waals surface area contributed by atoms with E-state index in [2.05, 4.69) is 9.88 Å². The number of ketones is 1. The van der Waals surface area contributed by atoms with E-state index in [0.29, 0.717) is 37.5 Å². The zero-order chi connectivity index (χ0) is 22.0. The van der Waals surface area contributed by atoms with Crippen molar-refractivity contribution in [3.8, 4) is 0 Å². The molecule has 0 bridgehead atoms. The normalized spacial score (nSPS) is 21.7. The molecule has 2 aromatic rings. The van der Waals surface area contributed by atoms with Crippen LogP contribution in [0.25, 0.3) is 0 Å². The molecule has 2 aliphatic rings. The highest BCUT2D eigenvalue weighted by Gasteiger charge is 2.42. The number of pyridine rings is 1. The van der Waals surface area contributed by atoms with Gasteiger partial charge in [-0.3, -0.25) is 14.7 Å². The Morgan fingerprint density at radius 1 is 1.13 bits per heavy atom. The van der Waals surface area contributed by atoms with Gasteiger partial charge in [0.15, 0.2) is 5.78 Å². The monoisotopic (exact) mass is 443 g/mol. The number of hydrogen-bond acceptors (Lipinski definition) is 6. The van der Waals surface area contributed by atoms with Crippen LogP contribution in [0.3, 0.4) is 0 Å². The molecule has 1 saturated carbocycles. The zero-order valence-corrected chi connectivity index (χ0v) is 18.5. The Kier molecular flexibility index (Phi) is 6.52. The Bertz CT molecular complexity index is 1010. The van der Waals surface area contributed by atoms with Crippen LogP contribution in [0.15, 0.2) is 53.7 Å². The second kappa shape index (κ2) is 9.16. The first-order chi connectivity index (χ1) is 14.9. The van der Waals surface area contributed by atoms with E-state index in [1.807, 2.05) is 12.1 Å². The van der Waals surface area contributed by atoms with E-state index in [4.69, 9.17) is 0 Å². The molecule has 1 N–H and O–H groups in total. The molecule has 0 amide bonds. The Morgan fingerprint density at radius 2 is 1.81 bits per heavy atom. The number of aliphatic hydroxyl groups excluding tert-OH is 1. The summed E-state index contributed by atoms with van der Waals surface area (Å²) in [4.78, 5) is 18.2. The van der Waals surface area contributed by atoms with Crippen molar-refractivity contribution in [2.45, 2.75) is 43.2 Å². The number of aromatic nitrogens is 1. The lowest BCUT2D eigenvalue weighted by Gasteiger charge is -2.44. The van der Waals surface area contributed by atoms with Crippen molar-refractivity contribution >= 4 is 15.8 Å². The van der Waals surface area contributed by atoms with Gasteiger partial charge in [-0.05, 0) is 61.9 Å². The van der Waals surface area contributed by atoms with E-state index < -0.39 is 10.0 Å². The maximum Gasteiger partial charge on any atom is 0.243 e. The van der Waals surface area contributed by atoms with Gasteiger partial charge in [0.2, 0.25) is 10.0 Å². The molecule has 2 heterocycles. The molecule has 1 aliphatic carbocycles. The molecular formula is C23H29N3O4S. The number of aliphatic hydroxyl groups is 1. The average molecular weight is 444 g/mol. The highest BCUT2D eigenvalue weighted by atomic mass is 32.2. The minimum atomic E-state index is -3.72. The number of Topliss-reactive ketones (excluding diaryl/α,β-unsaturated/α-hetero) is 1. The van der Waals surface area contributed by atoms with Crippen molar-refractivity contribution in [3.63, 3.8) is 0 Å². The third kappa shape index (κ3) is 4.72. The van der Waals surface area contributed by atoms with E-state index in [9.17, 15) is 18.3 Å². The third-order valence-corrected chi connectivity index (χ3v) is 8.27. The van der Waals surface area contributed by atoms with Crippen molar-refractivity contribution in [2.75, 3.05) is 26.2 Å². The smallest absolute Gasteiger partial charge is 0.243 e. The number of carbonyl (C=O) groups is 1. The Labute approximate surface area is 183 Å². The molecule has 2 unspecified atom stereocenters. The molecular weight excluding hydrogens is 414 g/mol. The van der Waals surface area contributed by atoms with Gasteiger partial charge in [0.05, 0.1) is 4.90 Å². The number of sulfonamides is 1. The fourth-order valence-corrected chi connectivity index (χ4v) is 6.20. The molecule has 2 fully saturated rings. The lowest BCUT2D eigenvalue weighted by molar-refractivity contribution is 0.0729. The number of hydrogen-bond donors (Lipinski definition) is 1. The van der Waals surface area contributed by atoms with E-state index >= 15 is 0 Å². The fourth-order valence-electron chi connectivity index (χ4n) is 4.57. The van der Waals surface area contributed by atoms with Crippen LogP contribution in [0.1, 0.15) is 48.1 Å². The standard InChI is InChI=1S/C23H29N3O4S/c1-17(28)18-4-6-22(7-5-18)31(29,30)26-14-13-25(16-21(26)10-15-27)23(19-2-3-19)20-8-11-24-12-9-20/h4-9,11-12,19,21,23,27H,2-3,10,13-16H2,1H3. The molecule has 0 spiro atoms. The SMILES string of the molecule is CC(=O)c1ccc(S(=O)(=O)N2CCN(C(c3ccncc3)C3CC3)CC2CCO)cc1. The van der Waals surface area contributed by atoms with Gasteiger partial charge in [-0.2, -0.15) is 4.31 Å². The van der Waals surface area contributed by atoms with Gasteiger partial charge in [-0.25, -0.2) is 8.42 Å². The van der Waals surface area contributed by atoms with Crippen molar-refractivity contribution in [1.29, 1.82) is 0 Å². The number of piperazine rings is 1. The predicted molar refractivity (Wildman–Crippen MR) is 117 cm³/mol. The molecule has 4 rings (SSSR count). The molecule has 7 nitrogen and oxygen atoms in total. The van der Waals surface area contributed by atoms with Crippen LogP contribution in [-0.4, -0.2) is 65.8 Å². The lowest BCUT2D eigenvalue weighted by atomic mass is 9.99. The van der Waals surface area contributed by atoms with Crippen LogP contribution in [0.2, 0.25) is 0 Å². The summed E-state index contributed by atoms with van der Waals surface area (Å²) in [6, 6.07) is 10.1. The molecule has 166 valence electrons. The lowest BCUT2D eigenvalue weighted by Crippen LogP contribution is -2.56. The zero-order valence-electron chi connectivity index (χ0n) is 17.7. The summed E-state index contributed by atoms with van der Waals surface area (Å²) in [5.74, 6) is 0.484. The van der Waals surface area contributed by atoms with E-state index in [1.54, 1.807) is 24.5 Å². The molecule has 0 radical (unpaired) electrons. The number of benzene rings is 1. The maximum atomic E-state index is 13.4. The fraction of sp³-hybridized carbons (Fsp3) is 0.478. The van der Waals surface area contributed by atoms with E-state index in [1.165, 1.54) is 41.8 Å². The first-order valence-electron chi connectivity index (χ1n) is 10.8. The van der Waals surface area contributed by atoms with Gasteiger partial charge < -0.3 is 5.11 Å². The number of carbonyl (C=O) groups excluding carboxylic acids is 1. The van der Waals surface area contributed by atoms with Crippen molar-refractivity contribution in [1.82, 2.24) is 14.2 Å². The summed E-state index contributed by atoms with van der Waals surface area (Å²) in [7, 11) is -3.72. The Morgan fingerprint density at radius 3 is 2.39 bits per heavy atom. The van der Waals surface area contributed by atoms with Crippen molar-refractivity contribution < 1.29 is 18.3 Å². The van der Waals surface area contributed by atoms with Crippen molar-refractivity contribution in [2.24, 2.45) is 5.92 Å². The summed E-state index contributed by atoms with van der Waals surface area (Å²) in [5.41, 5.74) is 1.71. The topological polar surface area (TPSA) is 90.8 Å². The minimum absolute atomic E-state index is 0.0723. The second-order valence-corrected chi connectivity index (χ2v) is 10.3. The van der Waals surface area contributed by atoms with Gasteiger partial charge in [0, 0.05) is 56.3 Å². The predicted octanol–water partition coefficient (Wildman–Crippen LogP) is 2.49. The van der Waals surface area contributed by atoms with Crippen LogP contribution in [0, 0.1) is 5.92 Å². The van der Waals surface area contributed by atoms with Gasteiger partial charge in [0.25, 0.3) is 0 Å². The molecule has 1 aliphatic heterocycles. The first kappa shape index (κ1) is 22.1. The van der Waals surface area contributed by atoms with Crippen LogP contribution in [0.5, 0.6) is 0 Å².